The molecule has 39 heavy (non-hydrogen) atoms. The first kappa shape index (κ1) is 25.5. The van der Waals surface area contributed by atoms with Crippen LogP contribution in [0.4, 0.5) is 9.59 Å². The highest BCUT2D eigenvalue weighted by Gasteiger charge is 2.30. The average Bonchev–Trinajstić information content (AvgIpc) is 3.29. The smallest absolute Gasteiger partial charge is 0.446 e. The summed E-state index contributed by atoms with van der Waals surface area (Å²) < 4.78 is 10.7. The van der Waals surface area contributed by atoms with Crippen molar-refractivity contribution < 1.29 is 28.7 Å². The van der Waals surface area contributed by atoms with Gasteiger partial charge in [-0.25, -0.2) is 14.4 Å². The number of nitrogens with one attached hydrogen (secondary N) is 2. The lowest BCUT2D eigenvalue weighted by Gasteiger charge is -2.19. The number of ether oxygens (including phenoxy) is 2. The molecular weight excluding hydrogens is 496 g/mol. The average molecular weight is 523 g/mol. The van der Waals surface area contributed by atoms with Crippen LogP contribution in [0.15, 0.2) is 109 Å². The Balaban J connectivity index is 1.22. The second-order valence-electron chi connectivity index (χ2n) is 8.94. The van der Waals surface area contributed by atoms with Crippen LogP contribution >= 0.6 is 0 Å². The number of amides is 2. The molecule has 5 rings (SSSR count). The van der Waals surface area contributed by atoms with E-state index in [0.717, 1.165) is 27.8 Å². The van der Waals surface area contributed by atoms with Gasteiger partial charge in [0.05, 0.1) is 0 Å². The fourth-order valence-corrected chi connectivity index (χ4v) is 4.60. The fourth-order valence-electron chi connectivity index (χ4n) is 4.60. The summed E-state index contributed by atoms with van der Waals surface area (Å²) in [6.45, 7) is 0.0919. The van der Waals surface area contributed by atoms with Gasteiger partial charge in [-0.1, -0.05) is 97.1 Å². The highest BCUT2D eigenvalue weighted by Crippen LogP contribution is 2.44. The molecular formula is C31H26N2O6. The monoisotopic (exact) mass is 522 g/mol. The summed E-state index contributed by atoms with van der Waals surface area (Å²) in [5, 5.41) is 2.58. The van der Waals surface area contributed by atoms with E-state index in [1.54, 1.807) is 30.3 Å². The minimum atomic E-state index is -1.12. The maximum absolute atomic E-state index is 12.9. The van der Waals surface area contributed by atoms with Gasteiger partial charge in [0.25, 0.3) is 0 Å². The molecule has 1 atom stereocenters. The van der Waals surface area contributed by atoms with Crippen LogP contribution < -0.4 is 15.5 Å². The Morgan fingerprint density at radius 2 is 1.26 bits per heavy atom. The van der Waals surface area contributed by atoms with Gasteiger partial charge in [0.2, 0.25) is 0 Å². The number of hydrogen-bond donors (Lipinski definition) is 2. The maximum Gasteiger partial charge on any atom is 0.446 e. The summed E-state index contributed by atoms with van der Waals surface area (Å²) in [4.78, 5) is 42.7. The number of benzene rings is 4. The van der Waals surface area contributed by atoms with Crippen LogP contribution in [-0.2, 0) is 20.8 Å². The van der Waals surface area contributed by atoms with Crippen molar-refractivity contribution in [2.24, 2.45) is 0 Å². The molecule has 0 radical (unpaired) electrons. The number of fused-ring (bicyclic) bond motifs is 3. The molecule has 2 amide bonds. The summed E-state index contributed by atoms with van der Waals surface area (Å²) in [6, 6.07) is 32.4. The third-order valence-electron chi connectivity index (χ3n) is 6.39. The van der Waals surface area contributed by atoms with Gasteiger partial charge < -0.3 is 19.6 Å². The van der Waals surface area contributed by atoms with Crippen LogP contribution in [0.5, 0.6) is 5.75 Å². The van der Waals surface area contributed by atoms with Gasteiger partial charge in [0.15, 0.2) is 0 Å². The summed E-state index contributed by atoms with van der Waals surface area (Å²) in [5.74, 6) is -0.724. The Hall–Kier alpha value is -5.11. The lowest BCUT2D eigenvalue weighted by molar-refractivity contribution is -0.151. The first-order valence-corrected chi connectivity index (χ1v) is 12.5. The second kappa shape index (κ2) is 12.0. The van der Waals surface area contributed by atoms with E-state index in [-0.39, 0.29) is 24.7 Å². The van der Waals surface area contributed by atoms with Gasteiger partial charge in [0, 0.05) is 12.3 Å². The van der Waals surface area contributed by atoms with E-state index in [4.69, 9.17) is 14.3 Å². The first-order chi connectivity index (χ1) is 19.1. The molecule has 8 heteroatoms. The molecule has 196 valence electrons. The molecule has 0 saturated heterocycles. The maximum atomic E-state index is 12.9. The largest absolute Gasteiger partial charge is 0.449 e. The van der Waals surface area contributed by atoms with Crippen molar-refractivity contribution in [3.05, 3.63) is 126 Å². The van der Waals surface area contributed by atoms with Gasteiger partial charge in [-0.05, 0) is 39.9 Å². The van der Waals surface area contributed by atoms with Crippen LogP contribution in [0.3, 0.4) is 0 Å². The van der Waals surface area contributed by atoms with E-state index in [1.165, 1.54) is 0 Å². The Bertz CT molecular complexity index is 1410. The summed E-state index contributed by atoms with van der Waals surface area (Å²) in [7, 11) is 0. The highest BCUT2D eigenvalue weighted by atomic mass is 16.7. The van der Waals surface area contributed by atoms with Gasteiger partial charge in [-0.15, -0.1) is 5.48 Å². The molecule has 0 unspecified atom stereocenters. The Kier molecular flexibility index (Phi) is 7.83. The van der Waals surface area contributed by atoms with Crippen LogP contribution in [0.2, 0.25) is 0 Å². The molecule has 2 N–H and O–H groups in total. The lowest BCUT2D eigenvalue weighted by Crippen LogP contribution is -2.46. The third-order valence-corrected chi connectivity index (χ3v) is 6.39. The highest BCUT2D eigenvalue weighted by molar-refractivity contribution is 5.83. The van der Waals surface area contributed by atoms with Crippen molar-refractivity contribution in [1.82, 2.24) is 10.8 Å². The molecule has 0 saturated carbocycles. The quantitative estimate of drug-likeness (QED) is 0.316. The zero-order valence-electron chi connectivity index (χ0n) is 20.9. The van der Waals surface area contributed by atoms with E-state index >= 15 is 0 Å². The molecule has 0 bridgehead atoms. The number of rotatable bonds is 7. The molecule has 1 aliphatic carbocycles. The Labute approximate surface area is 225 Å². The van der Waals surface area contributed by atoms with Gasteiger partial charge >= 0.3 is 18.2 Å². The molecule has 0 spiro atoms. The number of alkyl carbamates (subject to hydrolysis) is 1. The molecule has 0 fully saturated rings. The van der Waals surface area contributed by atoms with E-state index in [0.29, 0.717) is 0 Å². The van der Waals surface area contributed by atoms with Gasteiger partial charge in [-0.3, -0.25) is 0 Å². The SMILES string of the molecule is O=C(N[C@@H](Cc1ccccc1)C(=O)ONC(=O)Oc1ccccc1)OCC1c2ccccc2-c2ccccc21. The van der Waals surface area contributed by atoms with Crippen LogP contribution in [0.1, 0.15) is 22.6 Å². The van der Waals surface area contributed by atoms with Crippen molar-refractivity contribution >= 4 is 18.2 Å². The zero-order valence-corrected chi connectivity index (χ0v) is 20.9. The third kappa shape index (κ3) is 6.24. The number of hydrogen-bond acceptors (Lipinski definition) is 6. The number of hydroxylamine groups is 1. The van der Waals surface area contributed by atoms with Crippen LogP contribution in [0.25, 0.3) is 11.1 Å². The molecule has 4 aromatic carbocycles. The van der Waals surface area contributed by atoms with E-state index in [9.17, 15) is 14.4 Å². The number of carbonyl (C=O) groups excluding carboxylic acids is 3. The lowest BCUT2D eigenvalue weighted by atomic mass is 9.98. The molecule has 1 aliphatic rings. The first-order valence-electron chi connectivity index (χ1n) is 12.5. The van der Waals surface area contributed by atoms with E-state index in [1.807, 2.05) is 72.2 Å². The molecule has 0 heterocycles. The molecule has 0 aliphatic heterocycles. The predicted molar refractivity (Wildman–Crippen MR) is 144 cm³/mol. The van der Waals surface area contributed by atoms with Gasteiger partial charge in [-0.2, -0.15) is 0 Å². The second-order valence-corrected chi connectivity index (χ2v) is 8.94. The minimum Gasteiger partial charge on any atom is -0.449 e. The predicted octanol–water partition coefficient (Wildman–Crippen LogP) is 5.38. The molecule has 0 aromatic heterocycles. The fraction of sp³-hybridized carbons (Fsp3) is 0.129. The minimum absolute atomic E-state index is 0.0919. The molecule has 8 nitrogen and oxygen atoms in total. The standard InChI is InChI=1S/C31H26N2O6/c34-29(39-33-31(36)38-22-13-5-2-6-14-22)28(19-21-11-3-1-4-12-21)32-30(35)37-20-27-25-17-9-7-15-23(25)24-16-8-10-18-26(24)27/h1-18,27-28H,19-20H2,(H,32,35)(H,33,36)/t28-/m0/s1. The Morgan fingerprint density at radius 3 is 1.90 bits per heavy atom. The van der Waals surface area contributed by atoms with Crippen molar-refractivity contribution in [2.45, 2.75) is 18.4 Å². The van der Waals surface area contributed by atoms with Crippen molar-refractivity contribution in [3.8, 4) is 16.9 Å². The number of carbonyl (C=O) groups is 3. The Morgan fingerprint density at radius 1 is 0.692 bits per heavy atom. The zero-order chi connectivity index (χ0) is 27.0. The van der Waals surface area contributed by atoms with Crippen molar-refractivity contribution in [3.63, 3.8) is 0 Å². The normalized spacial score (nSPS) is 12.4. The van der Waals surface area contributed by atoms with Crippen LogP contribution in [-0.4, -0.2) is 30.8 Å². The molecule has 4 aromatic rings. The van der Waals surface area contributed by atoms with E-state index in [2.05, 4.69) is 17.4 Å². The van der Waals surface area contributed by atoms with Crippen molar-refractivity contribution in [2.75, 3.05) is 6.61 Å². The topological polar surface area (TPSA) is 103 Å². The van der Waals surface area contributed by atoms with E-state index < -0.39 is 24.2 Å². The van der Waals surface area contributed by atoms with Crippen LogP contribution in [0, 0.1) is 0 Å². The van der Waals surface area contributed by atoms with Crippen molar-refractivity contribution in [1.29, 1.82) is 0 Å². The number of para-hydroxylation sites is 1. The summed E-state index contributed by atoms with van der Waals surface area (Å²) >= 11 is 0. The van der Waals surface area contributed by atoms with Gasteiger partial charge in [0.1, 0.15) is 18.4 Å². The summed E-state index contributed by atoms with van der Waals surface area (Å²) in [6.07, 6.45) is -1.63. The summed E-state index contributed by atoms with van der Waals surface area (Å²) in [5.41, 5.74) is 7.13.